The molecule has 0 aromatic heterocycles. The van der Waals surface area contributed by atoms with Crippen LogP contribution in [0.25, 0.3) is 0 Å². The van der Waals surface area contributed by atoms with Gasteiger partial charge in [0.05, 0.1) is 6.21 Å². The first-order valence-corrected chi connectivity index (χ1v) is 5.62. The van der Waals surface area contributed by atoms with Gasteiger partial charge in [-0.15, -0.1) is 0 Å². The van der Waals surface area contributed by atoms with Crippen LogP contribution in [0.5, 0.6) is 11.5 Å². The Morgan fingerprint density at radius 2 is 2.28 bits per heavy atom. The van der Waals surface area contributed by atoms with Gasteiger partial charge >= 0.3 is 0 Å². The van der Waals surface area contributed by atoms with Crippen molar-refractivity contribution in [1.82, 2.24) is 5.43 Å². The highest BCUT2D eigenvalue weighted by atomic mass is 16.7. The average Bonchev–Trinajstić information content (AvgIpc) is 2.83. The molecule has 2 rings (SSSR count). The van der Waals surface area contributed by atoms with Crippen molar-refractivity contribution in [3.63, 3.8) is 0 Å². The molecule has 1 aromatic carbocycles. The zero-order chi connectivity index (χ0) is 12.8. The number of benzene rings is 1. The first kappa shape index (κ1) is 12.4. The predicted molar refractivity (Wildman–Crippen MR) is 64.6 cm³/mol. The van der Waals surface area contributed by atoms with Crippen LogP contribution in [0.3, 0.4) is 0 Å². The Bertz CT molecular complexity index is 459. The Kier molecular flexibility index (Phi) is 4.14. The number of hydrogen-bond acceptors (Lipinski definition) is 5. The maximum Gasteiger partial charge on any atom is 0.240 e. The Hall–Kier alpha value is -2.08. The van der Waals surface area contributed by atoms with Gasteiger partial charge in [0.15, 0.2) is 11.5 Å². The van der Waals surface area contributed by atoms with Gasteiger partial charge in [0.25, 0.3) is 0 Å². The van der Waals surface area contributed by atoms with Crippen molar-refractivity contribution in [3.8, 4) is 11.5 Å². The fraction of sp³-hybridized carbons (Fsp3) is 0.333. The predicted octanol–water partition coefficient (Wildman–Crippen LogP) is 0.638. The summed E-state index contributed by atoms with van der Waals surface area (Å²) < 4.78 is 10.4. The lowest BCUT2D eigenvalue weighted by Crippen LogP contribution is -2.17. The van der Waals surface area contributed by atoms with Crippen LogP contribution < -0.4 is 14.9 Å². The van der Waals surface area contributed by atoms with E-state index in [-0.39, 0.29) is 25.7 Å². The third-order valence-electron chi connectivity index (χ3n) is 2.36. The molecule has 0 spiro atoms. The Labute approximate surface area is 104 Å². The molecule has 1 aliphatic heterocycles. The molecule has 0 fully saturated rings. The van der Waals surface area contributed by atoms with Crippen molar-refractivity contribution in [2.75, 3.05) is 13.4 Å². The van der Waals surface area contributed by atoms with Crippen LogP contribution in [0.15, 0.2) is 23.3 Å². The third kappa shape index (κ3) is 3.21. The number of carbonyl (C=O) groups is 1. The van der Waals surface area contributed by atoms with Crippen molar-refractivity contribution in [2.45, 2.75) is 12.8 Å². The molecule has 0 unspecified atom stereocenters. The monoisotopic (exact) mass is 250 g/mol. The van der Waals surface area contributed by atoms with Gasteiger partial charge in [-0.25, -0.2) is 5.43 Å². The van der Waals surface area contributed by atoms with E-state index in [9.17, 15) is 4.79 Å². The minimum Gasteiger partial charge on any atom is -0.454 e. The van der Waals surface area contributed by atoms with Crippen molar-refractivity contribution in [1.29, 1.82) is 0 Å². The molecule has 1 aliphatic rings. The highest BCUT2D eigenvalue weighted by Gasteiger charge is 2.12. The Balaban J connectivity index is 1.87. The topological polar surface area (TPSA) is 80.2 Å². The molecule has 96 valence electrons. The number of amides is 1. The zero-order valence-electron chi connectivity index (χ0n) is 9.76. The lowest BCUT2D eigenvalue weighted by molar-refractivity contribution is -0.121. The van der Waals surface area contributed by atoms with E-state index in [1.165, 1.54) is 6.21 Å². The molecule has 18 heavy (non-hydrogen) atoms. The van der Waals surface area contributed by atoms with Crippen molar-refractivity contribution >= 4 is 12.1 Å². The number of nitrogens with zero attached hydrogens (tertiary/aromatic N) is 1. The highest BCUT2D eigenvalue weighted by Crippen LogP contribution is 2.31. The van der Waals surface area contributed by atoms with Gasteiger partial charge in [-0.2, -0.15) is 5.10 Å². The Morgan fingerprint density at radius 1 is 1.44 bits per heavy atom. The second-order valence-electron chi connectivity index (χ2n) is 3.73. The van der Waals surface area contributed by atoms with Crippen molar-refractivity contribution in [2.24, 2.45) is 5.10 Å². The number of aliphatic hydroxyl groups is 1. The minimum absolute atomic E-state index is 0.000699. The molecule has 1 heterocycles. The fourth-order valence-corrected chi connectivity index (χ4v) is 1.47. The van der Waals surface area contributed by atoms with Crippen LogP contribution in [0.1, 0.15) is 18.4 Å². The standard InChI is InChI=1S/C12H14N2O4/c15-5-1-2-12(16)14-13-7-9-3-4-10-11(6-9)18-8-17-10/h3-4,6-7,15H,1-2,5,8H2,(H,14,16)/b13-7+. The molecule has 0 aliphatic carbocycles. The second kappa shape index (κ2) is 6.02. The van der Waals surface area contributed by atoms with E-state index >= 15 is 0 Å². The number of carbonyl (C=O) groups excluding carboxylic acids is 1. The summed E-state index contributed by atoms with van der Waals surface area (Å²) in [6.07, 6.45) is 2.22. The second-order valence-corrected chi connectivity index (χ2v) is 3.73. The normalized spacial score (nSPS) is 12.9. The molecule has 0 saturated heterocycles. The largest absolute Gasteiger partial charge is 0.454 e. The van der Waals surface area contributed by atoms with Crippen LogP contribution >= 0.6 is 0 Å². The van der Waals surface area contributed by atoms with E-state index in [0.717, 1.165) is 5.56 Å². The first-order valence-electron chi connectivity index (χ1n) is 5.62. The van der Waals surface area contributed by atoms with E-state index in [2.05, 4.69) is 10.5 Å². The van der Waals surface area contributed by atoms with Gasteiger partial charge in [0.2, 0.25) is 12.7 Å². The van der Waals surface area contributed by atoms with Gasteiger partial charge in [0.1, 0.15) is 0 Å². The van der Waals surface area contributed by atoms with E-state index in [4.69, 9.17) is 14.6 Å². The van der Waals surface area contributed by atoms with Crippen molar-refractivity contribution in [3.05, 3.63) is 23.8 Å². The number of fused-ring (bicyclic) bond motifs is 1. The van der Waals surface area contributed by atoms with Crippen LogP contribution in [0.4, 0.5) is 0 Å². The van der Waals surface area contributed by atoms with Gasteiger partial charge in [-0.3, -0.25) is 4.79 Å². The number of hydrogen-bond donors (Lipinski definition) is 2. The SMILES string of the molecule is O=C(CCCO)N/N=C/c1ccc2c(c1)OCO2. The van der Waals surface area contributed by atoms with Crippen LogP contribution in [0, 0.1) is 0 Å². The molecule has 1 aromatic rings. The maximum absolute atomic E-state index is 11.2. The zero-order valence-corrected chi connectivity index (χ0v) is 9.76. The van der Waals surface area contributed by atoms with Crippen LogP contribution in [0.2, 0.25) is 0 Å². The number of nitrogens with one attached hydrogen (secondary N) is 1. The van der Waals surface area contributed by atoms with Crippen LogP contribution in [-0.4, -0.2) is 30.6 Å². The minimum atomic E-state index is -0.221. The Morgan fingerprint density at radius 3 is 3.11 bits per heavy atom. The summed E-state index contributed by atoms with van der Waals surface area (Å²) in [5, 5.41) is 12.4. The van der Waals surface area contributed by atoms with Gasteiger partial charge in [-0.1, -0.05) is 0 Å². The van der Waals surface area contributed by atoms with E-state index in [0.29, 0.717) is 17.9 Å². The van der Waals surface area contributed by atoms with E-state index in [1.54, 1.807) is 12.1 Å². The summed E-state index contributed by atoms with van der Waals surface area (Å²) in [5.74, 6) is 1.16. The summed E-state index contributed by atoms with van der Waals surface area (Å²) in [5.41, 5.74) is 3.19. The maximum atomic E-state index is 11.2. The van der Waals surface area contributed by atoms with Crippen LogP contribution in [-0.2, 0) is 4.79 Å². The number of rotatable bonds is 5. The number of hydrazone groups is 1. The average molecular weight is 250 g/mol. The molecule has 0 saturated carbocycles. The molecule has 6 heteroatoms. The molecular formula is C12H14N2O4. The molecule has 0 atom stereocenters. The molecule has 0 bridgehead atoms. The third-order valence-corrected chi connectivity index (χ3v) is 2.36. The first-order chi connectivity index (χ1) is 8.79. The number of aliphatic hydroxyl groups excluding tert-OH is 1. The highest BCUT2D eigenvalue weighted by molar-refractivity contribution is 5.83. The summed E-state index contributed by atoms with van der Waals surface area (Å²) >= 11 is 0. The smallest absolute Gasteiger partial charge is 0.240 e. The lowest BCUT2D eigenvalue weighted by atomic mass is 10.2. The van der Waals surface area contributed by atoms with Gasteiger partial charge < -0.3 is 14.6 Å². The fourth-order valence-electron chi connectivity index (χ4n) is 1.47. The van der Waals surface area contributed by atoms with E-state index < -0.39 is 0 Å². The summed E-state index contributed by atoms with van der Waals surface area (Å²) in [6.45, 7) is 0.229. The molecule has 1 amide bonds. The molecule has 6 nitrogen and oxygen atoms in total. The summed E-state index contributed by atoms with van der Waals surface area (Å²) in [4.78, 5) is 11.2. The molecular weight excluding hydrogens is 236 g/mol. The number of ether oxygens (including phenoxy) is 2. The molecule has 0 radical (unpaired) electrons. The quantitative estimate of drug-likeness (QED) is 0.593. The molecule has 2 N–H and O–H groups in total. The van der Waals surface area contributed by atoms with Gasteiger partial charge in [0, 0.05) is 13.0 Å². The van der Waals surface area contributed by atoms with Gasteiger partial charge in [-0.05, 0) is 30.2 Å². The lowest BCUT2D eigenvalue weighted by Gasteiger charge is -1.99. The van der Waals surface area contributed by atoms with E-state index in [1.807, 2.05) is 6.07 Å². The summed E-state index contributed by atoms with van der Waals surface area (Å²) in [6, 6.07) is 5.39. The summed E-state index contributed by atoms with van der Waals surface area (Å²) in [7, 11) is 0. The van der Waals surface area contributed by atoms with Crippen molar-refractivity contribution < 1.29 is 19.4 Å².